The standard InChI is InChI=1S/C11H14N2O4S/c1-17-11-6-8-7(3-4-9(8)12-14)5-10(11)13-18(2,15)16/h5-6,13-14H,3-4H2,1-2H3/b12-9+. The molecule has 0 heterocycles. The van der Waals surface area contributed by atoms with E-state index in [9.17, 15) is 8.42 Å². The Kier molecular flexibility index (Phi) is 3.16. The minimum atomic E-state index is -3.36. The Morgan fingerprint density at radius 1 is 1.39 bits per heavy atom. The minimum absolute atomic E-state index is 0.401. The fraction of sp³-hybridized carbons (Fsp3) is 0.364. The Balaban J connectivity index is 2.51. The van der Waals surface area contributed by atoms with E-state index >= 15 is 0 Å². The summed E-state index contributed by atoms with van der Waals surface area (Å²) >= 11 is 0. The first kappa shape index (κ1) is 12.7. The highest BCUT2D eigenvalue weighted by Crippen LogP contribution is 2.33. The molecular formula is C11H14N2O4S. The summed E-state index contributed by atoms with van der Waals surface area (Å²) in [6.45, 7) is 0. The van der Waals surface area contributed by atoms with E-state index in [1.165, 1.54) is 7.11 Å². The summed E-state index contributed by atoms with van der Waals surface area (Å²) in [6.07, 6.45) is 2.44. The van der Waals surface area contributed by atoms with Gasteiger partial charge < -0.3 is 9.94 Å². The summed E-state index contributed by atoms with van der Waals surface area (Å²) in [5.41, 5.74) is 2.73. The SMILES string of the molecule is COc1cc2c(cc1NS(C)(=O)=O)CC/C2=N\O. The molecule has 0 radical (unpaired) electrons. The van der Waals surface area contributed by atoms with Crippen molar-refractivity contribution in [2.24, 2.45) is 5.16 Å². The van der Waals surface area contributed by atoms with Crippen LogP contribution >= 0.6 is 0 Å². The number of anilines is 1. The van der Waals surface area contributed by atoms with Crippen LogP contribution < -0.4 is 9.46 Å². The van der Waals surface area contributed by atoms with Gasteiger partial charge in [0.1, 0.15) is 5.75 Å². The van der Waals surface area contributed by atoms with E-state index in [-0.39, 0.29) is 0 Å². The molecule has 18 heavy (non-hydrogen) atoms. The Bertz CT molecular complexity index is 608. The van der Waals surface area contributed by atoms with Gasteiger partial charge >= 0.3 is 0 Å². The van der Waals surface area contributed by atoms with Gasteiger partial charge in [-0.3, -0.25) is 4.72 Å². The van der Waals surface area contributed by atoms with Gasteiger partial charge in [0.15, 0.2) is 0 Å². The molecule has 1 aromatic carbocycles. The fourth-order valence-electron chi connectivity index (χ4n) is 2.04. The summed E-state index contributed by atoms with van der Waals surface area (Å²) < 4.78 is 30.1. The molecule has 0 bridgehead atoms. The normalized spacial score (nSPS) is 16.7. The topological polar surface area (TPSA) is 88.0 Å². The number of hydrogen-bond donors (Lipinski definition) is 2. The molecule has 0 aliphatic heterocycles. The summed E-state index contributed by atoms with van der Waals surface area (Å²) in [5, 5.41) is 12.1. The van der Waals surface area contributed by atoms with Crippen molar-refractivity contribution in [3.63, 3.8) is 0 Å². The smallest absolute Gasteiger partial charge is 0.229 e. The van der Waals surface area contributed by atoms with Gasteiger partial charge in [-0.2, -0.15) is 0 Å². The van der Waals surface area contributed by atoms with E-state index in [1.54, 1.807) is 12.1 Å². The molecule has 98 valence electrons. The Hall–Kier alpha value is -1.76. The van der Waals surface area contributed by atoms with Gasteiger partial charge in [0.2, 0.25) is 10.0 Å². The molecule has 0 fully saturated rings. The van der Waals surface area contributed by atoms with E-state index in [0.717, 1.165) is 23.8 Å². The van der Waals surface area contributed by atoms with Crippen LogP contribution in [0.2, 0.25) is 0 Å². The van der Waals surface area contributed by atoms with E-state index in [2.05, 4.69) is 9.88 Å². The van der Waals surface area contributed by atoms with Crippen LogP contribution in [0, 0.1) is 0 Å². The van der Waals surface area contributed by atoms with Crippen molar-refractivity contribution in [3.05, 3.63) is 23.3 Å². The van der Waals surface area contributed by atoms with Crippen LogP contribution in [-0.4, -0.2) is 32.7 Å². The third-order valence-electron chi connectivity index (χ3n) is 2.78. The zero-order valence-electron chi connectivity index (χ0n) is 10.1. The maximum Gasteiger partial charge on any atom is 0.229 e. The van der Waals surface area contributed by atoms with Crippen LogP contribution in [0.3, 0.4) is 0 Å². The van der Waals surface area contributed by atoms with Crippen LogP contribution in [-0.2, 0) is 16.4 Å². The van der Waals surface area contributed by atoms with Gasteiger partial charge in [0.05, 0.1) is 24.8 Å². The molecule has 0 saturated carbocycles. The number of nitrogens with one attached hydrogen (secondary N) is 1. The number of ether oxygens (including phenoxy) is 1. The molecule has 0 saturated heterocycles. The first-order valence-corrected chi connectivity index (χ1v) is 7.23. The largest absolute Gasteiger partial charge is 0.495 e. The van der Waals surface area contributed by atoms with Gasteiger partial charge in [0, 0.05) is 5.56 Å². The molecule has 2 N–H and O–H groups in total. The monoisotopic (exact) mass is 270 g/mol. The molecule has 0 aromatic heterocycles. The molecule has 2 rings (SSSR count). The van der Waals surface area contributed by atoms with Crippen molar-refractivity contribution >= 4 is 21.4 Å². The maximum atomic E-state index is 11.3. The van der Waals surface area contributed by atoms with Crippen LogP contribution in [0.15, 0.2) is 17.3 Å². The van der Waals surface area contributed by atoms with Gasteiger partial charge in [-0.15, -0.1) is 0 Å². The lowest BCUT2D eigenvalue weighted by molar-refractivity contribution is 0.318. The molecule has 7 heteroatoms. The van der Waals surface area contributed by atoms with Crippen molar-refractivity contribution in [2.75, 3.05) is 18.1 Å². The van der Waals surface area contributed by atoms with E-state index < -0.39 is 10.0 Å². The van der Waals surface area contributed by atoms with Gasteiger partial charge in [-0.25, -0.2) is 8.42 Å². The van der Waals surface area contributed by atoms with Crippen LogP contribution in [0.4, 0.5) is 5.69 Å². The van der Waals surface area contributed by atoms with E-state index in [1.807, 2.05) is 0 Å². The Morgan fingerprint density at radius 3 is 2.67 bits per heavy atom. The minimum Gasteiger partial charge on any atom is -0.495 e. The Labute approximate surface area is 105 Å². The number of benzene rings is 1. The lowest BCUT2D eigenvalue weighted by Gasteiger charge is -2.12. The van der Waals surface area contributed by atoms with Crippen molar-refractivity contribution in [1.29, 1.82) is 0 Å². The van der Waals surface area contributed by atoms with Crippen molar-refractivity contribution in [3.8, 4) is 5.75 Å². The molecule has 1 aliphatic carbocycles. The number of methoxy groups -OCH3 is 1. The van der Waals surface area contributed by atoms with Gasteiger partial charge in [-0.1, -0.05) is 5.16 Å². The summed E-state index contributed by atoms with van der Waals surface area (Å²) in [5.74, 6) is 0.405. The van der Waals surface area contributed by atoms with E-state index in [0.29, 0.717) is 23.6 Å². The second kappa shape index (κ2) is 4.49. The molecule has 0 amide bonds. The van der Waals surface area contributed by atoms with Crippen LogP contribution in [0.1, 0.15) is 17.5 Å². The third-order valence-corrected chi connectivity index (χ3v) is 3.37. The third kappa shape index (κ3) is 2.40. The van der Waals surface area contributed by atoms with Crippen molar-refractivity contribution in [1.82, 2.24) is 0 Å². The second-order valence-electron chi connectivity index (χ2n) is 4.13. The molecule has 0 atom stereocenters. The first-order valence-electron chi connectivity index (χ1n) is 5.34. The lowest BCUT2D eigenvalue weighted by Crippen LogP contribution is -2.11. The lowest BCUT2D eigenvalue weighted by atomic mass is 10.1. The maximum absolute atomic E-state index is 11.3. The molecule has 1 aromatic rings. The number of aryl methyl sites for hydroxylation is 1. The number of oxime groups is 1. The predicted octanol–water partition coefficient (Wildman–Crippen LogP) is 1.19. The summed E-state index contributed by atoms with van der Waals surface area (Å²) in [4.78, 5) is 0. The number of hydrogen-bond acceptors (Lipinski definition) is 5. The van der Waals surface area contributed by atoms with E-state index in [4.69, 9.17) is 9.94 Å². The first-order chi connectivity index (χ1) is 8.44. The van der Waals surface area contributed by atoms with Gasteiger partial charge in [-0.05, 0) is 30.5 Å². The summed E-state index contributed by atoms with van der Waals surface area (Å²) in [6, 6.07) is 3.40. The second-order valence-corrected chi connectivity index (χ2v) is 5.88. The van der Waals surface area contributed by atoms with Gasteiger partial charge in [0.25, 0.3) is 0 Å². The fourth-order valence-corrected chi connectivity index (χ4v) is 2.60. The number of rotatable bonds is 3. The predicted molar refractivity (Wildman–Crippen MR) is 68.1 cm³/mol. The average Bonchev–Trinajstić information content (AvgIpc) is 2.67. The highest BCUT2D eigenvalue weighted by Gasteiger charge is 2.22. The molecule has 6 nitrogen and oxygen atoms in total. The highest BCUT2D eigenvalue weighted by atomic mass is 32.2. The molecular weight excluding hydrogens is 256 g/mol. The molecule has 1 aliphatic rings. The van der Waals surface area contributed by atoms with Crippen molar-refractivity contribution < 1.29 is 18.4 Å². The number of nitrogens with zero attached hydrogens (tertiary/aromatic N) is 1. The number of sulfonamides is 1. The van der Waals surface area contributed by atoms with Crippen LogP contribution in [0.5, 0.6) is 5.75 Å². The highest BCUT2D eigenvalue weighted by molar-refractivity contribution is 7.92. The average molecular weight is 270 g/mol. The quantitative estimate of drug-likeness (QED) is 0.638. The molecule has 0 spiro atoms. The Morgan fingerprint density at radius 2 is 2.11 bits per heavy atom. The van der Waals surface area contributed by atoms with Crippen molar-refractivity contribution in [2.45, 2.75) is 12.8 Å². The zero-order valence-corrected chi connectivity index (χ0v) is 10.9. The zero-order chi connectivity index (χ0) is 13.3. The summed E-state index contributed by atoms with van der Waals surface area (Å²) in [7, 11) is -1.90. The number of fused-ring (bicyclic) bond motifs is 1. The van der Waals surface area contributed by atoms with Crippen LogP contribution in [0.25, 0.3) is 0 Å². The molecule has 0 unspecified atom stereocenters.